The molecule has 12 nitrogen and oxygen atoms in total. The monoisotopic (exact) mass is 596 g/mol. The molecule has 4 aromatic carbocycles. The van der Waals surface area contributed by atoms with Gasteiger partial charge in [0.05, 0.1) is 37.2 Å². The van der Waals surface area contributed by atoms with Gasteiger partial charge in [0.1, 0.15) is 0 Å². The van der Waals surface area contributed by atoms with Crippen molar-refractivity contribution in [3.8, 4) is 0 Å². The maximum absolute atomic E-state index is 13.4. The zero-order valence-corrected chi connectivity index (χ0v) is 21.2. The standard InChI is InChI=1S/C24H13BrN4O8S/c25-20-3-1-2-4-21(20)26-38(36,37)17-7-5-14(6-8-17)27-23(30)18-11-15(28(32)33)9-13-10-16(29(34)35)12-19(22(13)18)24(27)31/h1-12,26H. The summed E-state index contributed by atoms with van der Waals surface area (Å²) in [5.41, 5.74) is -1.08. The number of sulfonamides is 1. The molecule has 0 bridgehead atoms. The topological polar surface area (TPSA) is 170 Å². The molecule has 1 aliphatic rings. The van der Waals surface area contributed by atoms with Crippen molar-refractivity contribution in [3.05, 3.63) is 109 Å². The van der Waals surface area contributed by atoms with Gasteiger partial charge in [-0.1, -0.05) is 12.1 Å². The lowest BCUT2D eigenvalue weighted by molar-refractivity contribution is -0.385. The molecule has 0 aromatic heterocycles. The van der Waals surface area contributed by atoms with Crippen LogP contribution in [0.2, 0.25) is 0 Å². The number of anilines is 2. The van der Waals surface area contributed by atoms with Gasteiger partial charge < -0.3 is 0 Å². The lowest BCUT2D eigenvalue weighted by Crippen LogP contribution is -2.40. The molecular weight excluding hydrogens is 584 g/mol. The van der Waals surface area contributed by atoms with Gasteiger partial charge in [0.25, 0.3) is 33.2 Å². The van der Waals surface area contributed by atoms with Crippen molar-refractivity contribution >= 4 is 71.3 Å². The molecule has 1 heterocycles. The molecule has 0 aliphatic carbocycles. The number of nitrogens with zero attached hydrogens (tertiary/aromatic N) is 3. The number of carbonyl (C=O) groups excluding carboxylic acids is 2. The molecule has 14 heteroatoms. The van der Waals surface area contributed by atoms with E-state index in [-0.39, 0.29) is 32.5 Å². The Labute approximate surface area is 222 Å². The first-order valence-electron chi connectivity index (χ1n) is 10.6. The van der Waals surface area contributed by atoms with Crippen molar-refractivity contribution in [1.82, 2.24) is 0 Å². The third-order valence-electron chi connectivity index (χ3n) is 5.83. The van der Waals surface area contributed by atoms with E-state index in [0.717, 1.165) is 24.3 Å². The predicted octanol–water partition coefficient (Wildman–Crippen LogP) is 5.02. The highest BCUT2D eigenvalue weighted by atomic mass is 79.9. The zero-order chi connectivity index (χ0) is 27.4. The molecule has 0 saturated carbocycles. The highest BCUT2D eigenvalue weighted by Gasteiger charge is 2.37. The molecule has 2 amide bonds. The molecule has 0 saturated heterocycles. The number of non-ortho nitro benzene ring substituents is 2. The van der Waals surface area contributed by atoms with Gasteiger partial charge in [-0.2, -0.15) is 0 Å². The van der Waals surface area contributed by atoms with Gasteiger partial charge in [-0.05, 0) is 57.7 Å². The minimum atomic E-state index is -4.04. The number of halogens is 1. The summed E-state index contributed by atoms with van der Waals surface area (Å²) in [4.78, 5) is 48.7. The summed E-state index contributed by atoms with van der Waals surface area (Å²) in [6.45, 7) is 0. The fraction of sp³-hybridized carbons (Fsp3) is 0. The van der Waals surface area contributed by atoms with Crippen molar-refractivity contribution in [2.75, 3.05) is 9.62 Å². The van der Waals surface area contributed by atoms with Crippen LogP contribution in [-0.4, -0.2) is 30.1 Å². The SMILES string of the molecule is O=C1c2cc([N+](=O)[O-])cc3cc([N+](=O)[O-])cc(c23)C(=O)N1c1ccc(S(=O)(=O)Nc2ccccc2Br)cc1. The molecule has 5 rings (SSSR count). The Balaban J connectivity index is 1.58. The number of benzene rings is 4. The maximum Gasteiger partial charge on any atom is 0.270 e. The number of rotatable bonds is 6. The van der Waals surface area contributed by atoms with Crippen molar-refractivity contribution in [2.24, 2.45) is 0 Å². The van der Waals surface area contributed by atoms with Crippen LogP contribution in [0, 0.1) is 20.2 Å². The summed E-state index contributed by atoms with van der Waals surface area (Å²) in [5.74, 6) is -1.79. The largest absolute Gasteiger partial charge is 0.278 e. The Hall–Kier alpha value is -4.69. The minimum absolute atomic E-state index is 0.000613. The number of nitro benzene ring substituents is 2. The first-order valence-corrected chi connectivity index (χ1v) is 12.9. The lowest BCUT2D eigenvalue weighted by Gasteiger charge is -2.27. The number of nitro groups is 2. The molecule has 4 aromatic rings. The quantitative estimate of drug-likeness (QED) is 0.183. The van der Waals surface area contributed by atoms with E-state index in [2.05, 4.69) is 20.7 Å². The van der Waals surface area contributed by atoms with Crippen LogP contribution in [-0.2, 0) is 10.0 Å². The van der Waals surface area contributed by atoms with Crippen molar-refractivity contribution in [3.63, 3.8) is 0 Å². The maximum atomic E-state index is 13.4. The molecular formula is C24H13BrN4O8S. The van der Waals surface area contributed by atoms with Crippen LogP contribution in [0.1, 0.15) is 20.7 Å². The molecule has 0 atom stereocenters. The van der Waals surface area contributed by atoms with Crippen LogP contribution in [0.15, 0.2) is 82.2 Å². The Morgan fingerprint density at radius 3 is 1.82 bits per heavy atom. The number of imide groups is 1. The van der Waals surface area contributed by atoms with E-state index >= 15 is 0 Å². The fourth-order valence-electron chi connectivity index (χ4n) is 4.12. The van der Waals surface area contributed by atoms with Gasteiger partial charge >= 0.3 is 0 Å². The van der Waals surface area contributed by atoms with Crippen LogP contribution in [0.3, 0.4) is 0 Å². The van der Waals surface area contributed by atoms with Crippen LogP contribution in [0.4, 0.5) is 22.7 Å². The third-order valence-corrected chi connectivity index (χ3v) is 7.90. The van der Waals surface area contributed by atoms with E-state index in [0.29, 0.717) is 15.1 Å². The summed E-state index contributed by atoms with van der Waals surface area (Å²) in [6.07, 6.45) is 0. The predicted molar refractivity (Wildman–Crippen MR) is 140 cm³/mol. The highest BCUT2D eigenvalue weighted by Crippen LogP contribution is 2.38. The average molecular weight is 597 g/mol. The second-order valence-electron chi connectivity index (χ2n) is 8.12. The van der Waals surface area contributed by atoms with Crippen LogP contribution in [0.5, 0.6) is 0 Å². The van der Waals surface area contributed by atoms with E-state index in [4.69, 9.17) is 0 Å². The number of amides is 2. The van der Waals surface area contributed by atoms with E-state index in [9.17, 15) is 38.2 Å². The van der Waals surface area contributed by atoms with Crippen molar-refractivity contribution in [1.29, 1.82) is 0 Å². The normalized spacial score (nSPS) is 13.0. The van der Waals surface area contributed by atoms with Gasteiger partial charge in [-0.25, -0.2) is 13.3 Å². The Morgan fingerprint density at radius 1 is 0.789 bits per heavy atom. The molecule has 1 N–H and O–H groups in total. The first-order chi connectivity index (χ1) is 18.0. The second kappa shape index (κ2) is 9.00. The van der Waals surface area contributed by atoms with E-state index in [1.54, 1.807) is 24.3 Å². The highest BCUT2D eigenvalue weighted by molar-refractivity contribution is 9.10. The van der Waals surface area contributed by atoms with Crippen molar-refractivity contribution < 1.29 is 27.9 Å². The molecule has 0 unspecified atom stereocenters. The minimum Gasteiger partial charge on any atom is -0.278 e. The molecule has 0 radical (unpaired) electrons. The summed E-state index contributed by atoms with van der Waals surface area (Å²) >= 11 is 3.26. The van der Waals surface area contributed by atoms with Gasteiger partial charge in [0.2, 0.25) is 0 Å². The Morgan fingerprint density at radius 2 is 1.32 bits per heavy atom. The molecule has 1 aliphatic heterocycles. The molecule has 38 heavy (non-hydrogen) atoms. The number of hydrogen-bond donors (Lipinski definition) is 1. The molecule has 0 spiro atoms. The molecule has 0 fully saturated rings. The van der Waals surface area contributed by atoms with Crippen LogP contribution < -0.4 is 9.62 Å². The lowest BCUT2D eigenvalue weighted by atomic mass is 9.92. The summed E-state index contributed by atoms with van der Waals surface area (Å²) in [7, 11) is -4.04. The van der Waals surface area contributed by atoms with Crippen LogP contribution >= 0.6 is 15.9 Å². The summed E-state index contributed by atoms with van der Waals surface area (Å²) < 4.78 is 28.7. The third kappa shape index (κ3) is 4.14. The van der Waals surface area contributed by atoms with Gasteiger partial charge in [-0.15, -0.1) is 0 Å². The van der Waals surface area contributed by atoms with Gasteiger partial charge in [0, 0.05) is 34.1 Å². The molecule has 190 valence electrons. The van der Waals surface area contributed by atoms with Crippen LogP contribution in [0.25, 0.3) is 10.8 Å². The van der Waals surface area contributed by atoms with E-state index in [1.807, 2.05) is 0 Å². The average Bonchev–Trinajstić information content (AvgIpc) is 2.88. The van der Waals surface area contributed by atoms with Gasteiger partial charge in [-0.3, -0.25) is 34.5 Å². The van der Waals surface area contributed by atoms with E-state index in [1.165, 1.54) is 24.3 Å². The number of para-hydroxylation sites is 1. The van der Waals surface area contributed by atoms with Gasteiger partial charge in [0.15, 0.2) is 0 Å². The Kier molecular flexibility index (Phi) is 5.92. The second-order valence-corrected chi connectivity index (χ2v) is 10.7. The summed E-state index contributed by atoms with van der Waals surface area (Å²) in [6, 6.07) is 15.5. The first kappa shape index (κ1) is 25.0. The van der Waals surface area contributed by atoms with E-state index < -0.39 is 43.1 Å². The number of hydrogen-bond acceptors (Lipinski definition) is 8. The number of carbonyl (C=O) groups is 2. The zero-order valence-electron chi connectivity index (χ0n) is 18.8. The van der Waals surface area contributed by atoms with Crippen molar-refractivity contribution in [2.45, 2.75) is 4.90 Å². The number of nitrogens with one attached hydrogen (secondary N) is 1. The Bertz CT molecular complexity index is 1750. The summed E-state index contributed by atoms with van der Waals surface area (Å²) in [5, 5.41) is 23.0. The fourth-order valence-corrected chi connectivity index (χ4v) is 5.72. The smallest absolute Gasteiger partial charge is 0.270 e.